The molecule has 0 saturated heterocycles. The number of rotatable bonds is 7. The zero-order chi connectivity index (χ0) is 19.8. The number of allylic oxidation sites excluding steroid dienone is 1. The van der Waals surface area contributed by atoms with Crippen LogP contribution in [0.15, 0.2) is 103 Å². The van der Waals surface area contributed by atoms with Crippen molar-refractivity contribution in [3.05, 3.63) is 103 Å². The summed E-state index contributed by atoms with van der Waals surface area (Å²) in [6.07, 6.45) is 2.83. The Hall–Kier alpha value is -2.70. The van der Waals surface area contributed by atoms with Crippen molar-refractivity contribution >= 4 is 29.1 Å². The first-order valence-electron chi connectivity index (χ1n) is 9.57. The van der Waals surface area contributed by atoms with Crippen LogP contribution in [0.2, 0.25) is 0 Å². The summed E-state index contributed by atoms with van der Waals surface area (Å²) < 4.78 is 5.19. The molecule has 0 saturated carbocycles. The van der Waals surface area contributed by atoms with Crippen molar-refractivity contribution in [2.24, 2.45) is 0 Å². The quantitative estimate of drug-likeness (QED) is 0.338. The van der Waals surface area contributed by atoms with Crippen molar-refractivity contribution in [2.45, 2.75) is 13.8 Å². The van der Waals surface area contributed by atoms with Gasteiger partial charge in [-0.25, -0.2) is 4.79 Å². The Morgan fingerprint density at radius 2 is 1.18 bits per heavy atom. The molecule has 0 bridgehead atoms. The Morgan fingerprint density at radius 1 is 0.786 bits per heavy atom. The van der Waals surface area contributed by atoms with Crippen LogP contribution in [-0.4, -0.2) is 18.7 Å². The van der Waals surface area contributed by atoms with Gasteiger partial charge in [-0.2, -0.15) is 0 Å². The monoisotopic (exact) mass is 389 g/mol. The van der Waals surface area contributed by atoms with Crippen LogP contribution in [0, 0.1) is 0 Å². The summed E-state index contributed by atoms with van der Waals surface area (Å²) in [5.74, 6) is -0.241. The van der Waals surface area contributed by atoms with Crippen LogP contribution in [0.5, 0.6) is 0 Å². The number of carbonyl (C=O) groups excluding carboxylic acids is 1. The van der Waals surface area contributed by atoms with Crippen molar-refractivity contribution < 1.29 is 9.53 Å². The molecular formula is C25H26O2P+. The van der Waals surface area contributed by atoms with Crippen molar-refractivity contribution in [3.8, 4) is 0 Å². The molecule has 0 N–H and O–H groups in total. The molecule has 0 unspecified atom stereocenters. The van der Waals surface area contributed by atoms with Gasteiger partial charge in [0.1, 0.15) is 23.2 Å². The summed E-state index contributed by atoms with van der Waals surface area (Å²) in [6.45, 7) is 4.06. The average molecular weight is 389 g/mol. The van der Waals surface area contributed by atoms with Gasteiger partial charge in [0.15, 0.2) is 0 Å². The molecule has 2 nitrogen and oxygen atoms in total. The number of benzene rings is 3. The second kappa shape index (κ2) is 9.48. The van der Waals surface area contributed by atoms with Gasteiger partial charge >= 0.3 is 5.97 Å². The maximum Gasteiger partial charge on any atom is 0.333 e. The summed E-state index contributed by atoms with van der Waals surface area (Å²) in [7, 11) is -1.95. The fourth-order valence-electron chi connectivity index (χ4n) is 3.41. The van der Waals surface area contributed by atoms with Crippen LogP contribution >= 0.6 is 7.26 Å². The van der Waals surface area contributed by atoms with Crippen molar-refractivity contribution in [1.82, 2.24) is 0 Å². The minimum Gasteiger partial charge on any atom is -0.463 e. The van der Waals surface area contributed by atoms with Gasteiger partial charge in [-0.15, -0.1) is 0 Å². The lowest BCUT2D eigenvalue weighted by Crippen LogP contribution is -2.33. The third-order valence-corrected chi connectivity index (χ3v) is 9.13. The normalized spacial score (nSPS) is 11.9. The van der Waals surface area contributed by atoms with Crippen LogP contribution < -0.4 is 15.9 Å². The highest BCUT2D eigenvalue weighted by molar-refractivity contribution is 7.95. The molecule has 0 spiro atoms. The largest absolute Gasteiger partial charge is 0.463 e. The third-order valence-electron chi connectivity index (χ3n) is 4.86. The first kappa shape index (κ1) is 20.0. The van der Waals surface area contributed by atoms with Crippen LogP contribution in [0.4, 0.5) is 0 Å². The van der Waals surface area contributed by atoms with Crippen molar-refractivity contribution in [1.29, 1.82) is 0 Å². The number of hydrogen-bond donors (Lipinski definition) is 0. The fourth-order valence-corrected chi connectivity index (χ4v) is 7.53. The predicted octanol–water partition coefficient (Wildman–Crippen LogP) is 4.49. The Kier molecular flexibility index (Phi) is 6.79. The number of esters is 1. The van der Waals surface area contributed by atoms with Gasteiger partial charge < -0.3 is 4.74 Å². The lowest BCUT2D eigenvalue weighted by atomic mass is 10.3. The molecule has 28 heavy (non-hydrogen) atoms. The molecule has 0 amide bonds. The molecule has 0 aromatic heterocycles. The van der Waals surface area contributed by atoms with Gasteiger partial charge in [0.2, 0.25) is 0 Å². The highest BCUT2D eigenvalue weighted by Gasteiger charge is 2.44. The van der Waals surface area contributed by atoms with E-state index in [1.807, 2.05) is 32.0 Å². The van der Waals surface area contributed by atoms with E-state index in [9.17, 15) is 4.79 Å². The van der Waals surface area contributed by atoms with Gasteiger partial charge in [-0.1, -0.05) is 54.6 Å². The van der Waals surface area contributed by atoms with E-state index in [4.69, 9.17) is 4.74 Å². The van der Waals surface area contributed by atoms with Gasteiger partial charge in [-0.3, -0.25) is 0 Å². The minimum absolute atomic E-state index is 0.241. The summed E-state index contributed by atoms with van der Waals surface area (Å²) in [4.78, 5) is 12.2. The van der Waals surface area contributed by atoms with E-state index in [0.29, 0.717) is 12.2 Å². The maximum atomic E-state index is 12.2. The molecule has 0 aliphatic rings. The van der Waals surface area contributed by atoms with Gasteiger partial charge in [0.05, 0.1) is 12.8 Å². The second-order valence-electron chi connectivity index (χ2n) is 6.61. The maximum absolute atomic E-state index is 12.2. The van der Waals surface area contributed by atoms with E-state index >= 15 is 0 Å². The first-order valence-corrected chi connectivity index (χ1v) is 11.5. The topological polar surface area (TPSA) is 26.3 Å². The number of ether oxygens (including phenoxy) is 1. The van der Waals surface area contributed by atoms with E-state index in [1.165, 1.54) is 15.9 Å². The summed E-state index contributed by atoms with van der Waals surface area (Å²) in [5.41, 5.74) is 0.661. The number of hydrogen-bond acceptors (Lipinski definition) is 2. The van der Waals surface area contributed by atoms with E-state index in [2.05, 4.69) is 78.9 Å². The lowest BCUT2D eigenvalue weighted by Gasteiger charge is -2.26. The van der Waals surface area contributed by atoms with Crippen LogP contribution in [0.3, 0.4) is 0 Å². The van der Waals surface area contributed by atoms with E-state index < -0.39 is 7.26 Å². The van der Waals surface area contributed by atoms with Gasteiger partial charge in [-0.05, 0) is 56.3 Å². The second-order valence-corrected chi connectivity index (χ2v) is 10.1. The van der Waals surface area contributed by atoms with E-state index in [-0.39, 0.29) is 5.97 Å². The molecule has 0 atom stereocenters. The van der Waals surface area contributed by atoms with Crippen molar-refractivity contribution in [2.75, 3.05) is 12.8 Å². The van der Waals surface area contributed by atoms with Crippen LogP contribution in [0.1, 0.15) is 13.8 Å². The molecule has 0 radical (unpaired) electrons. The highest BCUT2D eigenvalue weighted by atomic mass is 31.2. The van der Waals surface area contributed by atoms with Crippen LogP contribution in [0.25, 0.3) is 0 Å². The highest BCUT2D eigenvalue weighted by Crippen LogP contribution is 2.55. The molecule has 3 heteroatoms. The molecule has 3 rings (SSSR count). The predicted molar refractivity (Wildman–Crippen MR) is 120 cm³/mol. The molecule has 3 aromatic rings. The molecule has 0 fully saturated rings. The molecule has 0 heterocycles. The summed E-state index contributed by atoms with van der Waals surface area (Å²) >= 11 is 0. The lowest BCUT2D eigenvalue weighted by molar-refractivity contribution is -0.138. The fraction of sp³-hybridized carbons (Fsp3) is 0.160. The van der Waals surface area contributed by atoms with Gasteiger partial charge in [0, 0.05) is 5.57 Å². The molecule has 3 aromatic carbocycles. The molecule has 142 valence electrons. The van der Waals surface area contributed by atoms with E-state index in [1.54, 1.807) is 0 Å². The molecule has 0 aliphatic carbocycles. The Labute approximate surface area is 168 Å². The average Bonchev–Trinajstić information content (AvgIpc) is 2.76. The van der Waals surface area contributed by atoms with Crippen LogP contribution in [-0.2, 0) is 9.53 Å². The summed E-state index contributed by atoms with van der Waals surface area (Å²) in [6, 6.07) is 32.0. The standard InChI is InChI=1S/C25H26O2P/c1-3-27-25(26)21(2)19-20-28(22-13-7-4-8-14-22,23-15-9-5-10-16-23)24-17-11-6-12-18-24/h4-19H,3,20H2,1-2H3/q+1/b21-19-. The Morgan fingerprint density at radius 3 is 1.54 bits per heavy atom. The van der Waals surface area contributed by atoms with E-state index in [0.717, 1.165) is 6.16 Å². The van der Waals surface area contributed by atoms with Gasteiger partial charge in [0.25, 0.3) is 0 Å². The third kappa shape index (κ3) is 4.24. The zero-order valence-electron chi connectivity index (χ0n) is 16.4. The molecular weight excluding hydrogens is 363 g/mol. The molecule has 0 aliphatic heterocycles. The van der Waals surface area contributed by atoms with Crippen molar-refractivity contribution in [3.63, 3.8) is 0 Å². The minimum atomic E-state index is -1.95. The SMILES string of the molecule is CCOC(=O)/C(C)=C\C[P+](c1ccccc1)(c1ccccc1)c1ccccc1. The Balaban J connectivity index is 2.20. The zero-order valence-corrected chi connectivity index (χ0v) is 17.3. The number of carbonyl (C=O) groups is 1. The smallest absolute Gasteiger partial charge is 0.333 e. The Bertz CT molecular complexity index is 822. The first-order chi connectivity index (χ1) is 13.7. The summed E-state index contributed by atoms with van der Waals surface area (Å²) in [5, 5.41) is 3.92.